The van der Waals surface area contributed by atoms with Gasteiger partial charge in [0, 0.05) is 0 Å². The van der Waals surface area contributed by atoms with Gasteiger partial charge < -0.3 is 0 Å². The van der Waals surface area contributed by atoms with Crippen LogP contribution < -0.4 is 0 Å². The van der Waals surface area contributed by atoms with E-state index in [-0.39, 0.29) is 0 Å². The molecule has 0 saturated carbocycles. The van der Waals surface area contributed by atoms with Gasteiger partial charge in [0.1, 0.15) is 0 Å². The van der Waals surface area contributed by atoms with Gasteiger partial charge in [0.25, 0.3) is 6.43 Å². The highest BCUT2D eigenvalue weighted by Crippen LogP contribution is 2.03. The highest BCUT2D eigenvalue weighted by Gasteiger charge is 2.10. The molecule has 0 aliphatic rings. The summed E-state index contributed by atoms with van der Waals surface area (Å²) in [5.41, 5.74) is 0.733. The SMILES string of the molecule is O=C(/C=C/c1ccccc1)C(F)F. The van der Waals surface area contributed by atoms with E-state index in [9.17, 15) is 13.6 Å². The molecular weight excluding hydrogens is 174 g/mol. The van der Waals surface area contributed by atoms with Gasteiger partial charge in [0.2, 0.25) is 5.78 Å². The second kappa shape index (κ2) is 4.50. The van der Waals surface area contributed by atoms with Crippen LogP contribution in [0.25, 0.3) is 6.08 Å². The number of rotatable bonds is 3. The second-order valence-corrected chi connectivity index (χ2v) is 2.45. The molecule has 0 fully saturated rings. The molecule has 1 aromatic carbocycles. The third-order valence-corrected chi connectivity index (χ3v) is 1.45. The number of carbonyl (C=O) groups is 1. The van der Waals surface area contributed by atoms with Crippen molar-refractivity contribution in [2.45, 2.75) is 6.43 Å². The Hall–Kier alpha value is -1.51. The van der Waals surface area contributed by atoms with Crippen LogP contribution in [0.5, 0.6) is 0 Å². The first-order valence-corrected chi connectivity index (χ1v) is 3.75. The topological polar surface area (TPSA) is 17.1 Å². The van der Waals surface area contributed by atoms with Gasteiger partial charge in [-0.25, -0.2) is 8.78 Å². The van der Waals surface area contributed by atoms with Crippen LogP contribution in [0.3, 0.4) is 0 Å². The first-order valence-electron chi connectivity index (χ1n) is 3.75. The largest absolute Gasteiger partial charge is 0.299 e. The van der Waals surface area contributed by atoms with E-state index >= 15 is 0 Å². The third-order valence-electron chi connectivity index (χ3n) is 1.45. The van der Waals surface area contributed by atoms with Crippen LogP contribution in [0, 0.1) is 0 Å². The highest BCUT2D eigenvalue weighted by molar-refractivity contribution is 5.95. The Morgan fingerprint density at radius 3 is 2.38 bits per heavy atom. The van der Waals surface area contributed by atoms with Crippen molar-refractivity contribution >= 4 is 11.9 Å². The summed E-state index contributed by atoms with van der Waals surface area (Å²) in [7, 11) is 0. The van der Waals surface area contributed by atoms with Crippen LogP contribution in [0.2, 0.25) is 0 Å². The van der Waals surface area contributed by atoms with Gasteiger partial charge in [-0.05, 0) is 11.6 Å². The van der Waals surface area contributed by atoms with E-state index in [1.54, 1.807) is 24.3 Å². The van der Waals surface area contributed by atoms with Crippen LogP contribution in [-0.2, 0) is 4.79 Å². The first-order chi connectivity index (χ1) is 6.20. The Kier molecular flexibility index (Phi) is 3.31. The molecule has 3 heteroatoms. The minimum Gasteiger partial charge on any atom is -0.288 e. The van der Waals surface area contributed by atoms with Crippen LogP contribution >= 0.6 is 0 Å². The molecule has 1 nitrogen and oxygen atoms in total. The zero-order chi connectivity index (χ0) is 9.68. The van der Waals surface area contributed by atoms with Crippen LogP contribution in [-0.4, -0.2) is 12.2 Å². The smallest absolute Gasteiger partial charge is 0.288 e. The van der Waals surface area contributed by atoms with E-state index in [4.69, 9.17) is 0 Å². The molecular formula is C10H8F2O. The van der Waals surface area contributed by atoms with Crippen molar-refractivity contribution in [3.05, 3.63) is 42.0 Å². The molecule has 0 spiro atoms. The molecule has 0 unspecified atom stereocenters. The number of carbonyl (C=O) groups excluding carboxylic acids is 1. The molecule has 0 aromatic heterocycles. The number of allylic oxidation sites excluding steroid dienone is 1. The molecule has 0 atom stereocenters. The van der Waals surface area contributed by atoms with Crippen molar-refractivity contribution in [1.29, 1.82) is 0 Å². The fourth-order valence-electron chi connectivity index (χ4n) is 0.815. The van der Waals surface area contributed by atoms with Gasteiger partial charge in [-0.15, -0.1) is 0 Å². The lowest BCUT2D eigenvalue weighted by molar-refractivity contribution is -0.124. The van der Waals surface area contributed by atoms with Crippen molar-refractivity contribution in [2.75, 3.05) is 0 Å². The van der Waals surface area contributed by atoms with Crippen LogP contribution in [0.1, 0.15) is 5.56 Å². The first kappa shape index (κ1) is 9.58. The fraction of sp³-hybridized carbons (Fsp3) is 0.100. The lowest BCUT2D eigenvalue weighted by Crippen LogP contribution is -2.04. The zero-order valence-electron chi connectivity index (χ0n) is 6.78. The molecule has 1 rings (SSSR count). The third kappa shape index (κ3) is 3.15. The Bertz CT molecular complexity index is 304. The standard InChI is InChI=1S/C10H8F2O/c11-10(12)9(13)7-6-8-4-2-1-3-5-8/h1-7,10H/b7-6+. The number of hydrogen-bond donors (Lipinski definition) is 0. The summed E-state index contributed by atoms with van der Waals surface area (Å²) in [6.45, 7) is 0. The van der Waals surface area contributed by atoms with Crippen LogP contribution in [0.4, 0.5) is 8.78 Å². The molecule has 0 bridgehead atoms. The van der Waals surface area contributed by atoms with Crippen LogP contribution in [0.15, 0.2) is 36.4 Å². The summed E-state index contributed by atoms with van der Waals surface area (Å²) in [6.07, 6.45) is -0.658. The lowest BCUT2D eigenvalue weighted by atomic mass is 10.2. The molecule has 0 radical (unpaired) electrons. The Morgan fingerprint density at radius 2 is 1.85 bits per heavy atom. The van der Waals surface area contributed by atoms with Gasteiger partial charge in [-0.1, -0.05) is 36.4 Å². The molecule has 1 aromatic rings. The predicted octanol–water partition coefficient (Wildman–Crippen LogP) is 2.53. The number of alkyl halides is 2. The van der Waals surface area contributed by atoms with Gasteiger partial charge in [0.15, 0.2) is 0 Å². The van der Waals surface area contributed by atoms with Gasteiger partial charge in [0.05, 0.1) is 0 Å². The summed E-state index contributed by atoms with van der Waals surface area (Å²) in [4.78, 5) is 10.5. The van der Waals surface area contributed by atoms with E-state index < -0.39 is 12.2 Å². The van der Waals surface area contributed by atoms with E-state index in [1.807, 2.05) is 6.07 Å². The minimum atomic E-state index is -2.92. The fourth-order valence-corrected chi connectivity index (χ4v) is 0.815. The summed E-state index contributed by atoms with van der Waals surface area (Å²) >= 11 is 0. The summed E-state index contributed by atoms with van der Waals surface area (Å²) in [6, 6.07) is 8.82. The summed E-state index contributed by atoms with van der Waals surface area (Å²) in [5, 5.41) is 0. The normalized spacial score (nSPS) is 11.0. The van der Waals surface area contributed by atoms with Crippen molar-refractivity contribution in [1.82, 2.24) is 0 Å². The molecule has 0 heterocycles. The van der Waals surface area contributed by atoms with Crippen molar-refractivity contribution in [3.63, 3.8) is 0 Å². The number of ketones is 1. The second-order valence-electron chi connectivity index (χ2n) is 2.45. The van der Waals surface area contributed by atoms with E-state index in [1.165, 1.54) is 6.08 Å². The molecule has 68 valence electrons. The van der Waals surface area contributed by atoms with Gasteiger partial charge in [-0.3, -0.25) is 4.79 Å². The molecule has 13 heavy (non-hydrogen) atoms. The maximum absolute atomic E-state index is 11.7. The predicted molar refractivity (Wildman–Crippen MR) is 46.5 cm³/mol. The number of hydrogen-bond acceptors (Lipinski definition) is 1. The van der Waals surface area contributed by atoms with E-state index in [0.717, 1.165) is 11.6 Å². The van der Waals surface area contributed by atoms with Gasteiger partial charge >= 0.3 is 0 Å². The molecule has 0 N–H and O–H groups in total. The molecule has 0 aliphatic heterocycles. The summed E-state index contributed by atoms with van der Waals surface area (Å²) < 4.78 is 23.5. The van der Waals surface area contributed by atoms with E-state index in [0.29, 0.717) is 0 Å². The average Bonchev–Trinajstić information content (AvgIpc) is 2.15. The number of benzene rings is 1. The van der Waals surface area contributed by atoms with Crippen molar-refractivity contribution < 1.29 is 13.6 Å². The van der Waals surface area contributed by atoms with Crippen molar-refractivity contribution in [2.24, 2.45) is 0 Å². The lowest BCUT2D eigenvalue weighted by Gasteiger charge is -1.91. The number of halogens is 2. The average molecular weight is 182 g/mol. The monoisotopic (exact) mass is 182 g/mol. The Labute approximate surface area is 74.7 Å². The minimum absolute atomic E-state index is 0.733. The molecule has 0 amide bonds. The summed E-state index contributed by atoms with van der Waals surface area (Å²) in [5.74, 6) is -1.16. The van der Waals surface area contributed by atoms with Gasteiger partial charge in [-0.2, -0.15) is 0 Å². The Morgan fingerprint density at radius 1 is 1.23 bits per heavy atom. The van der Waals surface area contributed by atoms with Crippen molar-refractivity contribution in [3.8, 4) is 0 Å². The maximum Gasteiger partial charge on any atom is 0.299 e. The molecule has 0 aliphatic carbocycles. The Balaban J connectivity index is 2.64. The quantitative estimate of drug-likeness (QED) is 0.656. The van der Waals surface area contributed by atoms with E-state index in [2.05, 4.69) is 0 Å². The highest BCUT2D eigenvalue weighted by atomic mass is 19.3. The zero-order valence-corrected chi connectivity index (χ0v) is 6.78. The molecule has 0 saturated heterocycles. The maximum atomic E-state index is 11.7.